The second-order valence-electron chi connectivity index (χ2n) is 4.21. The van der Waals surface area contributed by atoms with E-state index in [1.165, 1.54) is 0 Å². The van der Waals surface area contributed by atoms with E-state index in [4.69, 9.17) is 0 Å². The molecule has 0 saturated heterocycles. The third-order valence-corrected chi connectivity index (χ3v) is 2.32. The summed E-state index contributed by atoms with van der Waals surface area (Å²) in [5.74, 6) is 0.264. The number of alkyl halides is 3. The van der Waals surface area contributed by atoms with E-state index in [-0.39, 0.29) is 12.2 Å². The van der Waals surface area contributed by atoms with Crippen molar-refractivity contribution in [2.75, 3.05) is 6.54 Å². The van der Waals surface area contributed by atoms with E-state index in [0.29, 0.717) is 12.2 Å². The lowest BCUT2D eigenvalue weighted by Gasteiger charge is -2.08. The van der Waals surface area contributed by atoms with Gasteiger partial charge >= 0.3 is 6.18 Å². The van der Waals surface area contributed by atoms with Crippen LogP contribution in [0.2, 0.25) is 0 Å². The van der Waals surface area contributed by atoms with Crippen LogP contribution >= 0.6 is 0 Å². The minimum atomic E-state index is -4.16. The van der Waals surface area contributed by atoms with Gasteiger partial charge in [-0.2, -0.15) is 13.2 Å². The van der Waals surface area contributed by atoms with Crippen LogP contribution in [0.1, 0.15) is 37.0 Å². The molecular weight excluding hydrogens is 243 g/mol. The molecule has 0 atom stereocenters. The van der Waals surface area contributed by atoms with E-state index in [9.17, 15) is 13.2 Å². The van der Waals surface area contributed by atoms with E-state index < -0.39 is 12.6 Å². The van der Waals surface area contributed by atoms with Crippen LogP contribution < -0.4 is 5.32 Å². The minimum absolute atomic E-state index is 0.161. The van der Waals surface area contributed by atoms with Crippen LogP contribution in [0.15, 0.2) is 6.07 Å². The molecule has 0 radical (unpaired) electrons. The van der Waals surface area contributed by atoms with Crippen LogP contribution in [-0.4, -0.2) is 22.7 Å². The summed E-state index contributed by atoms with van der Waals surface area (Å²) in [5.41, 5.74) is 1.45. The van der Waals surface area contributed by atoms with Gasteiger partial charge in [0.2, 0.25) is 0 Å². The monoisotopic (exact) mass is 261 g/mol. The Labute approximate surface area is 105 Å². The van der Waals surface area contributed by atoms with Crippen LogP contribution in [0, 0.1) is 6.92 Å². The van der Waals surface area contributed by atoms with Crippen molar-refractivity contribution in [2.45, 2.75) is 45.8 Å². The fourth-order valence-electron chi connectivity index (χ4n) is 1.55. The molecule has 3 nitrogen and oxygen atoms in total. The number of rotatable bonds is 6. The van der Waals surface area contributed by atoms with Crippen LogP contribution in [-0.2, 0) is 13.0 Å². The Hall–Kier alpha value is -1.17. The summed E-state index contributed by atoms with van der Waals surface area (Å²) in [6.45, 7) is 5.24. The third-order valence-electron chi connectivity index (χ3n) is 2.32. The summed E-state index contributed by atoms with van der Waals surface area (Å²) >= 11 is 0. The summed E-state index contributed by atoms with van der Waals surface area (Å²) in [6.07, 6.45) is -4.19. The van der Waals surface area contributed by atoms with Gasteiger partial charge in [-0.15, -0.1) is 0 Å². The van der Waals surface area contributed by atoms with Gasteiger partial charge in [-0.25, -0.2) is 9.97 Å². The zero-order valence-electron chi connectivity index (χ0n) is 10.6. The Balaban J connectivity index is 2.62. The second kappa shape index (κ2) is 6.68. The molecule has 1 rings (SSSR count). The highest BCUT2D eigenvalue weighted by atomic mass is 19.4. The molecular formula is C12H18F3N3. The van der Waals surface area contributed by atoms with Crippen LogP contribution in [0.5, 0.6) is 0 Å². The second-order valence-corrected chi connectivity index (χ2v) is 4.21. The average molecular weight is 261 g/mol. The number of halogens is 3. The molecule has 0 spiro atoms. The molecule has 6 heteroatoms. The predicted molar refractivity (Wildman–Crippen MR) is 63.1 cm³/mol. The molecule has 1 heterocycles. The molecule has 18 heavy (non-hydrogen) atoms. The zero-order valence-corrected chi connectivity index (χ0v) is 10.6. The smallest absolute Gasteiger partial charge is 0.311 e. The molecule has 1 N–H and O–H groups in total. The quantitative estimate of drug-likeness (QED) is 0.800. The first-order chi connectivity index (χ1) is 8.40. The normalized spacial score (nSPS) is 11.8. The summed E-state index contributed by atoms with van der Waals surface area (Å²) in [7, 11) is 0. The number of hydrogen-bond acceptors (Lipinski definition) is 3. The largest absolute Gasteiger partial charge is 0.389 e. The van der Waals surface area contributed by atoms with Crippen molar-refractivity contribution in [3.63, 3.8) is 0 Å². The van der Waals surface area contributed by atoms with Crippen molar-refractivity contribution in [2.24, 2.45) is 0 Å². The SMILES string of the molecule is CCCNCc1cc(C)nc(CCC(F)(F)F)n1. The molecule has 0 bridgehead atoms. The summed E-state index contributed by atoms with van der Waals surface area (Å²) in [4.78, 5) is 8.16. The highest BCUT2D eigenvalue weighted by molar-refractivity contribution is 5.10. The van der Waals surface area contributed by atoms with E-state index in [1.807, 2.05) is 6.92 Å². The third kappa shape index (κ3) is 5.95. The van der Waals surface area contributed by atoms with Gasteiger partial charge in [0.15, 0.2) is 0 Å². The Morgan fingerprint density at radius 2 is 2.00 bits per heavy atom. The van der Waals surface area contributed by atoms with Gasteiger partial charge in [0.1, 0.15) is 5.82 Å². The first-order valence-electron chi connectivity index (χ1n) is 6.01. The van der Waals surface area contributed by atoms with Crippen LogP contribution in [0.25, 0.3) is 0 Å². The Bertz CT molecular complexity index is 377. The van der Waals surface area contributed by atoms with Crippen molar-refractivity contribution < 1.29 is 13.2 Å². The van der Waals surface area contributed by atoms with Gasteiger partial charge in [-0.1, -0.05) is 6.92 Å². The lowest BCUT2D eigenvalue weighted by atomic mass is 10.2. The summed E-state index contributed by atoms with van der Waals surface area (Å²) in [5, 5.41) is 3.17. The molecule has 0 aliphatic heterocycles. The molecule has 0 saturated carbocycles. The number of nitrogens with zero attached hydrogens (tertiary/aromatic N) is 2. The fourth-order valence-corrected chi connectivity index (χ4v) is 1.55. The molecule has 0 aliphatic carbocycles. The average Bonchev–Trinajstić information content (AvgIpc) is 2.25. The maximum atomic E-state index is 12.1. The van der Waals surface area contributed by atoms with E-state index in [2.05, 4.69) is 15.3 Å². The number of nitrogens with one attached hydrogen (secondary N) is 1. The number of hydrogen-bond donors (Lipinski definition) is 1. The highest BCUT2D eigenvalue weighted by Crippen LogP contribution is 2.21. The number of aromatic nitrogens is 2. The zero-order chi connectivity index (χ0) is 13.6. The molecule has 0 fully saturated rings. The van der Waals surface area contributed by atoms with Crippen LogP contribution in [0.4, 0.5) is 13.2 Å². The van der Waals surface area contributed by atoms with Gasteiger partial charge in [-0.05, 0) is 26.0 Å². The molecule has 1 aromatic rings. The van der Waals surface area contributed by atoms with Crippen molar-refractivity contribution in [3.05, 3.63) is 23.3 Å². The van der Waals surface area contributed by atoms with Crippen molar-refractivity contribution in [1.82, 2.24) is 15.3 Å². The Morgan fingerprint density at radius 3 is 2.61 bits per heavy atom. The first kappa shape index (κ1) is 14.9. The lowest BCUT2D eigenvalue weighted by Crippen LogP contribution is -2.16. The van der Waals surface area contributed by atoms with Crippen molar-refractivity contribution in [3.8, 4) is 0 Å². The molecule has 0 aliphatic rings. The predicted octanol–water partition coefficient (Wildman–Crippen LogP) is 2.78. The number of aryl methyl sites for hydroxylation is 2. The topological polar surface area (TPSA) is 37.8 Å². The maximum Gasteiger partial charge on any atom is 0.389 e. The maximum absolute atomic E-state index is 12.1. The Kier molecular flexibility index (Phi) is 5.53. The summed E-state index contributed by atoms with van der Waals surface area (Å²) in [6, 6.07) is 1.79. The van der Waals surface area contributed by atoms with Gasteiger partial charge < -0.3 is 5.32 Å². The van der Waals surface area contributed by atoms with Crippen LogP contribution in [0.3, 0.4) is 0 Å². The van der Waals surface area contributed by atoms with Gasteiger partial charge in [0, 0.05) is 18.7 Å². The molecule has 0 amide bonds. The van der Waals surface area contributed by atoms with Gasteiger partial charge in [0.05, 0.1) is 12.1 Å². The molecule has 0 unspecified atom stereocenters. The van der Waals surface area contributed by atoms with Gasteiger partial charge in [-0.3, -0.25) is 0 Å². The lowest BCUT2D eigenvalue weighted by molar-refractivity contribution is -0.134. The van der Waals surface area contributed by atoms with E-state index in [0.717, 1.165) is 18.7 Å². The first-order valence-corrected chi connectivity index (χ1v) is 6.01. The highest BCUT2D eigenvalue weighted by Gasteiger charge is 2.27. The molecule has 1 aromatic heterocycles. The van der Waals surface area contributed by atoms with Crippen molar-refractivity contribution in [1.29, 1.82) is 0 Å². The van der Waals surface area contributed by atoms with E-state index >= 15 is 0 Å². The van der Waals surface area contributed by atoms with Crippen molar-refractivity contribution >= 4 is 0 Å². The Morgan fingerprint density at radius 1 is 1.28 bits per heavy atom. The van der Waals surface area contributed by atoms with Gasteiger partial charge in [0.25, 0.3) is 0 Å². The van der Waals surface area contributed by atoms with E-state index in [1.54, 1.807) is 13.0 Å². The minimum Gasteiger partial charge on any atom is -0.311 e. The fraction of sp³-hybridized carbons (Fsp3) is 0.667. The molecule has 102 valence electrons. The standard InChI is InChI=1S/C12H18F3N3/c1-3-6-16-8-10-7-9(2)17-11(18-10)4-5-12(13,14)15/h7,16H,3-6,8H2,1-2H3. The molecule has 0 aromatic carbocycles. The summed E-state index contributed by atoms with van der Waals surface area (Å²) < 4.78 is 36.4.